The molecule has 6 rings (SSSR count). The molecule has 0 saturated heterocycles. The van der Waals surface area contributed by atoms with E-state index >= 15 is 0 Å². The molecule has 0 radical (unpaired) electrons. The summed E-state index contributed by atoms with van der Waals surface area (Å²) in [5.41, 5.74) is 3.55. The highest BCUT2D eigenvalue weighted by molar-refractivity contribution is 6.04. The van der Waals surface area contributed by atoms with Gasteiger partial charge in [0.1, 0.15) is 11.6 Å². The second-order valence-electron chi connectivity index (χ2n) is 6.94. The molecule has 0 saturated carbocycles. The van der Waals surface area contributed by atoms with Crippen LogP contribution in [0.1, 0.15) is 0 Å². The van der Waals surface area contributed by atoms with Gasteiger partial charge < -0.3 is 5.32 Å². The third-order valence-corrected chi connectivity index (χ3v) is 5.12. The van der Waals surface area contributed by atoms with Gasteiger partial charge in [-0.1, -0.05) is 36.4 Å². The molecule has 2 aromatic carbocycles. The molecule has 4 aromatic heterocycles. The quantitative estimate of drug-likeness (QED) is 0.399. The summed E-state index contributed by atoms with van der Waals surface area (Å²) in [6.07, 6.45) is 3.60. The predicted octanol–water partition coefficient (Wildman–Crippen LogP) is 5.62. The van der Waals surface area contributed by atoms with E-state index in [1.54, 1.807) is 12.4 Å². The lowest BCUT2D eigenvalue weighted by molar-refractivity contribution is 1.31. The summed E-state index contributed by atoms with van der Waals surface area (Å²) < 4.78 is 0. The van der Waals surface area contributed by atoms with Gasteiger partial charge in [0, 0.05) is 33.9 Å². The van der Waals surface area contributed by atoms with Crippen LogP contribution in [0.3, 0.4) is 0 Å². The largest absolute Gasteiger partial charge is 0.325 e. The molecular formula is C24H15N5. The van der Waals surface area contributed by atoms with E-state index in [0.29, 0.717) is 0 Å². The fourth-order valence-electron chi connectivity index (χ4n) is 3.72. The first-order valence-electron chi connectivity index (χ1n) is 9.41. The number of benzene rings is 2. The van der Waals surface area contributed by atoms with Crippen LogP contribution in [0.5, 0.6) is 0 Å². The fourth-order valence-corrected chi connectivity index (χ4v) is 3.72. The van der Waals surface area contributed by atoms with E-state index in [2.05, 4.69) is 51.7 Å². The van der Waals surface area contributed by atoms with Crippen LogP contribution in [0.15, 0.2) is 85.2 Å². The Morgan fingerprint density at radius 3 is 1.34 bits per heavy atom. The van der Waals surface area contributed by atoms with Gasteiger partial charge in [0.25, 0.3) is 0 Å². The van der Waals surface area contributed by atoms with Crippen molar-refractivity contribution in [2.75, 3.05) is 5.32 Å². The van der Waals surface area contributed by atoms with Crippen molar-refractivity contribution in [2.45, 2.75) is 0 Å². The number of hydrogen-bond donors (Lipinski definition) is 1. The smallest absolute Gasteiger partial charge is 0.132 e. The molecule has 0 amide bonds. The molecule has 5 nitrogen and oxygen atoms in total. The Labute approximate surface area is 166 Å². The molecule has 5 heteroatoms. The van der Waals surface area contributed by atoms with Crippen LogP contribution in [0, 0.1) is 0 Å². The molecule has 0 spiro atoms. The lowest BCUT2D eigenvalue weighted by Crippen LogP contribution is -1.97. The molecular weight excluding hydrogens is 358 g/mol. The zero-order chi connectivity index (χ0) is 19.2. The van der Waals surface area contributed by atoms with Gasteiger partial charge in [0.2, 0.25) is 0 Å². The van der Waals surface area contributed by atoms with E-state index in [1.165, 1.54) is 0 Å². The lowest BCUT2D eigenvalue weighted by Gasteiger charge is -2.09. The van der Waals surface area contributed by atoms with Crippen LogP contribution < -0.4 is 5.32 Å². The van der Waals surface area contributed by atoms with E-state index in [1.807, 2.05) is 36.4 Å². The van der Waals surface area contributed by atoms with E-state index in [-0.39, 0.29) is 0 Å². The summed E-state index contributed by atoms with van der Waals surface area (Å²) >= 11 is 0. The highest BCUT2D eigenvalue weighted by Gasteiger charge is 2.07. The van der Waals surface area contributed by atoms with Gasteiger partial charge in [-0.3, -0.25) is 9.97 Å². The average molecular weight is 373 g/mol. The molecule has 0 aliphatic carbocycles. The van der Waals surface area contributed by atoms with Gasteiger partial charge in [-0.25, -0.2) is 9.97 Å². The first-order valence-corrected chi connectivity index (χ1v) is 9.41. The third-order valence-electron chi connectivity index (χ3n) is 5.12. The molecule has 0 unspecified atom stereocenters. The Kier molecular flexibility index (Phi) is 3.40. The molecule has 4 heterocycles. The topological polar surface area (TPSA) is 63.6 Å². The molecule has 0 aliphatic heterocycles. The van der Waals surface area contributed by atoms with E-state index < -0.39 is 0 Å². The van der Waals surface area contributed by atoms with Crippen molar-refractivity contribution >= 4 is 55.2 Å². The molecule has 0 aliphatic rings. The Morgan fingerprint density at radius 1 is 0.448 bits per heavy atom. The van der Waals surface area contributed by atoms with Crippen molar-refractivity contribution < 1.29 is 0 Å². The molecule has 1 N–H and O–H groups in total. The van der Waals surface area contributed by atoms with Crippen LogP contribution in [0.2, 0.25) is 0 Å². The number of nitrogens with zero attached hydrogens (tertiary/aromatic N) is 4. The zero-order valence-corrected chi connectivity index (χ0v) is 15.4. The lowest BCUT2D eigenvalue weighted by atomic mass is 10.1. The van der Waals surface area contributed by atoms with Crippen molar-refractivity contribution in [3.8, 4) is 0 Å². The Hall–Kier alpha value is -4.12. The van der Waals surface area contributed by atoms with Crippen molar-refractivity contribution in [2.24, 2.45) is 0 Å². The van der Waals surface area contributed by atoms with Crippen LogP contribution in [0.25, 0.3) is 43.6 Å². The van der Waals surface area contributed by atoms with Gasteiger partial charge >= 0.3 is 0 Å². The molecule has 6 aromatic rings. The second-order valence-corrected chi connectivity index (χ2v) is 6.94. The van der Waals surface area contributed by atoms with Crippen molar-refractivity contribution in [1.29, 1.82) is 0 Å². The molecule has 136 valence electrons. The number of aromatic nitrogens is 4. The molecule has 0 fully saturated rings. The SMILES string of the molecule is c1cnc2c(c1)ccc1ccc(Nc3ccc4ccc5cccnc5c4n3)nc12. The average Bonchev–Trinajstić information content (AvgIpc) is 2.79. The van der Waals surface area contributed by atoms with Gasteiger partial charge in [-0.05, 0) is 36.4 Å². The summed E-state index contributed by atoms with van der Waals surface area (Å²) in [7, 11) is 0. The number of anilines is 2. The molecule has 29 heavy (non-hydrogen) atoms. The Morgan fingerprint density at radius 2 is 0.862 bits per heavy atom. The minimum atomic E-state index is 0.732. The highest BCUT2D eigenvalue weighted by atomic mass is 15.1. The first kappa shape index (κ1) is 15.9. The van der Waals surface area contributed by atoms with Crippen molar-refractivity contribution in [3.05, 3.63) is 85.2 Å². The summed E-state index contributed by atoms with van der Waals surface area (Å²) in [5.74, 6) is 1.46. The van der Waals surface area contributed by atoms with Gasteiger partial charge in [-0.15, -0.1) is 0 Å². The number of pyridine rings is 4. The maximum Gasteiger partial charge on any atom is 0.132 e. The number of fused-ring (bicyclic) bond motifs is 6. The zero-order valence-electron chi connectivity index (χ0n) is 15.4. The van der Waals surface area contributed by atoms with Gasteiger partial charge in [0.15, 0.2) is 0 Å². The van der Waals surface area contributed by atoms with Gasteiger partial charge in [0.05, 0.1) is 22.1 Å². The van der Waals surface area contributed by atoms with E-state index in [0.717, 1.165) is 55.2 Å². The number of hydrogen-bond acceptors (Lipinski definition) is 5. The highest BCUT2D eigenvalue weighted by Crippen LogP contribution is 2.26. The standard InChI is InChI=1S/C24H15N5/c1-3-15-5-7-17-9-11-19(28-23(17)21(15)25-13-1)27-20-12-10-18-8-6-16-4-2-14-26-22(16)24(18)29-20/h1-14H,(H,27,28,29). The van der Waals surface area contributed by atoms with Crippen LogP contribution in [-0.2, 0) is 0 Å². The van der Waals surface area contributed by atoms with Crippen LogP contribution in [0.4, 0.5) is 11.6 Å². The Bertz CT molecular complexity index is 1420. The van der Waals surface area contributed by atoms with E-state index in [4.69, 9.17) is 9.97 Å². The molecule has 0 bridgehead atoms. The summed E-state index contributed by atoms with van der Waals surface area (Å²) in [4.78, 5) is 18.7. The van der Waals surface area contributed by atoms with Crippen LogP contribution >= 0.6 is 0 Å². The van der Waals surface area contributed by atoms with E-state index in [9.17, 15) is 0 Å². The predicted molar refractivity (Wildman–Crippen MR) is 117 cm³/mol. The van der Waals surface area contributed by atoms with Crippen molar-refractivity contribution in [1.82, 2.24) is 19.9 Å². The van der Waals surface area contributed by atoms with Gasteiger partial charge in [-0.2, -0.15) is 0 Å². The first-order chi connectivity index (χ1) is 14.3. The second kappa shape index (κ2) is 6.21. The maximum atomic E-state index is 4.81. The normalized spacial score (nSPS) is 11.4. The summed E-state index contributed by atoms with van der Waals surface area (Å²) in [5, 5.41) is 7.61. The third kappa shape index (κ3) is 2.63. The van der Waals surface area contributed by atoms with Crippen molar-refractivity contribution in [3.63, 3.8) is 0 Å². The van der Waals surface area contributed by atoms with Crippen LogP contribution in [-0.4, -0.2) is 19.9 Å². The summed E-state index contributed by atoms with van der Waals surface area (Å²) in [6, 6.07) is 24.3. The minimum absolute atomic E-state index is 0.732. The maximum absolute atomic E-state index is 4.81. The minimum Gasteiger partial charge on any atom is -0.325 e. The monoisotopic (exact) mass is 373 g/mol. The fraction of sp³-hybridized carbons (Fsp3) is 0. The molecule has 0 atom stereocenters. The number of nitrogens with one attached hydrogen (secondary N) is 1. The summed E-state index contributed by atoms with van der Waals surface area (Å²) in [6.45, 7) is 0. The Balaban J connectivity index is 1.48. The number of rotatable bonds is 2.